The third kappa shape index (κ3) is 12.4. The van der Waals surface area contributed by atoms with Gasteiger partial charge in [-0.25, -0.2) is 9.59 Å². The summed E-state index contributed by atoms with van der Waals surface area (Å²) < 4.78 is 81.3. The Morgan fingerprint density at radius 1 is 0.789 bits per heavy atom. The largest absolute Gasteiger partial charge is 0.497 e. The van der Waals surface area contributed by atoms with Crippen LogP contribution in [0.3, 0.4) is 0 Å². The van der Waals surface area contributed by atoms with E-state index in [0.717, 1.165) is 37.4 Å². The molecule has 0 fully saturated rings. The quantitative estimate of drug-likeness (QED) is 0.0723. The van der Waals surface area contributed by atoms with Gasteiger partial charge in [0.15, 0.2) is 11.5 Å². The van der Waals surface area contributed by atoms with Gasteiger partial charge in [-0.15, -0.1) is 0 Å². The van der Waals surface area contributed by atoms with E-state index in [1.165, 1.54) is 45.5 Å². The van der Waals surface area contributed by atoms with Crippen LogP contribution in [-0.2, 0) is 35.1 Å². The molecule has 0 aromatic heterocycles. The van der Waals surface area contributed by atoms with Crippen LogP contribution < -0.4 is 35.5 Å². The van der Waals surface area contributed by atoms with E-state index >= 15 is 0 Å². The molecule has 0 aliphatic carbocycles. The number of halogens is 4. The van der Waals surface area contributed by atoms with Gasteiger partial charge in [0.2, 0.25) is 17.6 Å². The SMILES string of the molecule is CNC(=O)[C@@H](NC(=O)OC(C)(C)C)c1cc(OC)cc(Oc2cc([C@@H](NC(=O)C(F)(F)F)C(=O)N[C@H](Cc3ccc(F)c([N+](=O)[O-])c3)C(=O)OC)ccc2OC)c1. The molecule has 0 saturated carbocycles. The van der Waals surface area contributed by atoms with E-state index in [2.05, 4.69) is 16.0 Å². The van der Waals surface area contributed by atoms with Crippen molar-refractivity contribution in [3.05, 3.63) is 87.2 Å². The van der Waals surface area contributed by atoms with Gasteiger partial charge in [-0.1, -0.05) is 12.1 Å². The molecule has 3 aromatic rings. The van der Waals surface area contributed by atoms with Gasteiger partial charge in [-0.3, -0.25) is 24.5 Å². The molecule has 4 amide bonds. The molecule has 308 valence electrons. The number of ether oxygens (including phenoxy) is 5. The van der Waals surface area contributed by atoms with Crippen LogP contribution in [0.15, 0.2) is 54.6 Å². The van der Waals surface area contributed by atoms with E-state index in [1.807, 2.05) is 0 Å². The van der Waals surface area contributed by atoms with Gasteiger partial charge in [0, 0.05) is 25.6 Å². The number of alkyl carbamates (subject to hydrolysis) is 1. The first-order valence-corrected chi connectivity index (χ1v) is 16.5. The van der Waals surface area contributed by atoms with E-state index < -0.39 is 82.5 Å². The molecular formula is C36H39F4N5O12. The van der Waals surface area contributed by atoms with Crippen LogP contribution in [0.4, 0.5) is 28.0 Å². The van der Waals surface area contributed by atoms with E-state index in [0.29, 0.717) is 0 Å². The van der Waals surface area contributed by atoms with Gasteiger partial charge in [0.25, 0.3) is 0 Å². The van der Waals surface area contributed by atoms with Crippen LogP contribution in [0.25, 0.3) is 0 Å². The fourth-order valence-electron chi connectivity index (χ4n) is 5.05. The lowest BCUT2D eigenvalue weighted by molar-refractivity contribution is -0.387. The Balaban J connectivity index is 2.09. The van der Waals surface area contributed by atoms with Crippen molar-refractivity contribution < 1.29 is 70.1 Å². The molecule has 0 saturated heterocycles. The lowest BCUT2D eigenvalue weighted by Gasteiger charge is -2.24. The fraction of sp³-hybridized carbons (Fsp3) is 0.361. The Hall–Kier alpha value is -6.67. The van der Waals surface area contributed by atoms with Gasteiger partial charge in [-0.2, -0.15) is 17.6 Å². The van der Waals surface area contributed by atoms with Gasteiger partial charge in [-0.05, 0) is 67.8 Å². The van der Waals surface area contributed by atoms with Gasteiger partial charge >= 0.3 is 29.8 Å². The Morgan fingerprint density at radius 3 is 2.00 bits per heavy atom. The van der Waals surface area contributed by atoms with Crippen molar-refractivity contribution in [1.29, 1.82) is 0 Å². The number of nitro groups is 1. The zero-order valence-electron chi connectivity index (χ0n) is 31.5. The summed E-state index contributed by atoms with van der Waals surface area (Å²) in [6.07, 6.45) is -6.96. The van der Waals surface area contributed by atoms with Crippen molar-refractivity contribution in [3.63, 3.8) is 0 Å². The van der Waals surface area contributed by atoms with Crippen LogP contribution in [0.1, 0.15) is 49.5 Å². The minimum Gasteiger partial charge on any atom is -0.497 e. The van der Waals surface area contributed by atoms with Crippen molar-refractivity contribution in [3.8, 4) is 23.0 Å². The first-order valence-electron chi connectivity index (χ1n) is 16.5. The number of nitrogens with one attached hydrogen (secondary N) is 4. The molecule has 21 heteroatoms. The summed E-state index contributed by atoms with van der Waals surface area (Å²) in [5, 5.41) is 19.9. The summed E-state index contributed by atoms with van der Waals surface area (Å²) in [6.45, 7) is 4.85. The summed E-state index contributed by atoms with van der Waals surface area (Å²) in [4.78, 5) is 74.4. The molecule has 0 radical (unpaired) electrons. The normalized spacial score (nSPS) is 12.8. The van der Waals surface area contributed by atoms with Crippen molar-refractivity contribution in [2.45, 2.75) is 57.1 Å². The van der Waals surface area contributed by atoms with Crippen LogP contribution in [-0.4, -0.2) is 80.9 Å². The number of alkyl halides is 3. The molecule has 0 aliphatic heterocycles. The minimum absolute atomic E-state index is 0.0348. The van der Waals surface area contributed by atoms with E-state index in [9.17, 15) is 51.6 Å². The molecule has 0 aliphatic rings. The molecule has 0 unspecified atom stereocenters. The molecule has 4 N–H and O–H groups in total. The summed E-state index contributed by atoms with van der Waals surface area (Å²) in [5.41, 5.74) is -2.11. The lowest BCUT2D eigenvalue weighted by atomic mass is 10.0. The molecule has 17 nitrogen and oxygen atoms in total. The molecule has 3 aromatic carbocycles. The van der Waals surface area contributed by atoms with Crippen molar-refractivity contribution in [2.24, 2.45) is 0 Å². The highest BCUT2D eigenvalue weighted by Crippen LogP contribution is 2.37. The second-order valence-electron chi connectivity index (χ2n) is 12.9. The number of carbonyl (C=O) groups excluding carboxylic acids is 5. The number of hydrogen-bond donors (Lipinski definition) is 4. The number of hydrogen-bond acceptors (Lipinski definition) is 12. The lowest BCUT2D eigenvalue weighted by Crippen LogP contribution is -2.50. The number of rotatable bonds is 15. The number of benzene rings is 3. The van der Waals surface area contributed by atoms with E-state index in [-0.39, 0.29) is 39.7 Å². The number of methoxy groups -OCH3 is 3. The van der Waals surface area contributed by atoms with Crippen LogP contribution in [0.5, 0.6) is 23.0 Å². The van der Waals surface area contributed by atoms with E-state index in [1.54, 1.807) is 26.1 Å². The first kappa shape index (κ1) is 44.7. The molecule has 0 spiro atoms. The Bertz CT molecular complexity index is 2000. The van der Waals surface area contributed by atoms with Crippen LogP contribution in [0, 0.1) is 15.9 Å². The van der Waals surface area contributed by atoms with Crippen LogP contribution in [0.2, 0.25) is 0 Å². The number of esters is 1. The average molecular weight is 810 g/mol. The maximum Gasteiger partial charge on any atom is 0.471 e. The molecule has 3 atom stereocenters. The summed E-state index contributed by atoms with van der Waals surface area (Å²) in [7, 11) is 4.78. The maximum absolute atomic E-state index is 14.0. The number of nitrogens with zero attached hydrogens (tertiary/aromatic N) is 1. The fourth-order valence-corrected chi connectivity index (χ4v) is 5.05. The average Bonchev–Trinajstić information content (AvgIpc) is 3.14. The number of carbonyl (C=O) groups is 5. The standard InChI is InChI=1S/C36H39F4N5O12/c1-35(2,3)57-34(50)44-29(30(46)41-4)20-14-21(53-5)17-22(15-20)56-27-16-19(9-11-26(27)54-6)28(43-33(49)36(38,39)40)31(47)42-24(32(48)55-7)12-18-8-10-23(37)25(13-18)45(51)52/h8-11,13-17,24,28-29H,12H2,1-7H3,(H,41,46)(H,42,47)(H,43,49)(H,44,50)/t24-,28-,29+/m1/s1. The van der Waals surface area contributed by atoms with Gasteiger partial charge in [0.1, 0.15) is 35.2 Å². The maximum atomic E-state index is 14.0. The highest BCUT2D eigenvalue weighted by atomic mass is 19.4. The molecule has 0 bridgehead atoms. The molecule has 3 rings (SSSR count). The number of nitro benzene ring substituents is 1. The Morgan fingerprint density at radius 2 is 1.44 bits per heavy atom. The van der Waals surface area contributed by atoms with Crippen molar-refractivity contribution in [2.75, 3.05) is 28.4 Å². The first-order chi connectivity index (χ1) is 26.6. The Kier molecular flexibility index (Phi) is 14.7. The summed E-state index contributed by atoms with van der Waals surface area (Å²) in [5.74, 6) is -7.15. The predicted octanol–water partition coefficient (Wildman–Crippen LogP) is 4.48. The smallest absolute Gasteiger partial charge is 0.471 e. The molecule has 57 heavy (non-hydrogen) atoms. The zero-order chi connectivity index (χ0) is 42.8. The van der Waals surface area contributed by atoms with Crippen LogP contribution >= 0.6 is 0 Å². The van der Waals surface area contributed by atoms with Crippen molar-refractivity contribution >= 4 is 35.5 Å². The molecule has 0 heterocycles. The van der Waals surface area contributed by atoms with Gasteiger partial charge < -0.3 is 45.0 Å². The van der Waals surface area contributed by atoms with E-state index in [4.69, 9.17) is 23.7 Å². The highest BCUT2D eigenvalue weighted by Gasteiger charge is 2.42. The summed E-state index contributed by atoms with van der Waals surface area (Å²) >= 11 is 0. The minimum atomic E-state index is -5.48. The third-order valence-corrected chi connectivity index (χ3v) is 7.63. The van der Waals surface area contributed by atoms with Gasteiger partial charge in [0.05, 0.1) is 26.3 Å². The second kappa shape index (κ2) is 18.8. The molecular weight excluding hydrogens is 770 g/mol. The second-order valence-corrected chi connectivity index (χ2v) is 12.9. The summed E-state index contributed by atoms with van der Waals surface area (Å²) in [6, 6.07) is 4.81. The third-order valence-electron chi connectivity index (χ3n) is 7.63. The predicted molar refractivity (Wildman–Crippen MR) is 190 cm³/mol. The highest BCUT2D eigenvalue weighted by molar-refractivity contribution is 5.93. The monoisotopic (exact) mass is 809 g/mol. The number of likely N-dealkylation sites (N-methyl/N-ethyl adjacent to an activating group) is 1. The topological polar surface area (TPSA) is 223 Å². The Labute approximate surface area is 322 Å². The zero-order valence-corrected chi connectivity index (χ0v) is 31.5. The van der Waals surface area contributed by atoms with Crippen molar-refractivity contribution in [1.82, 2.24) is 21.3 Å². The number of amides is 4.